The first kappa shape index (κ1) is 15.9. The molecule has 20 heavy (non-hydrogen) atoms. The van der Waals surface area contributed by atoms with Crippen LogP contribution in [0.15, 0.2) is 24.5 Å². The van der Waals surface area contributed by atoms with Crippen LogP contribution in [-0.2, 0) is 9.53 Å². The van der Waals surface area contributed by atoms with Crippen LogP contribution < -0.4 is 0 Å². The Morgan fingerprint density at radius 3 is 2.80 bits per heavy atom. The van der Waals surface area contributed by atoms with Gasteiger partial charge in [0, 0.05) is 30.8 Å². The highest BCUT2D eigenvalue weighted by Crippen LogP contribution is 2.05. The van der Waals surface area contributed by atoms with Crippen LogP contribution in [0.5, 0.6) is 0 Å². The van der Waals surface area contributed by atoms with E-state index < -0.39 is 0 Å². The molecule has 1 heterocycles. The van der Waals surface area contributed by atoms with Gasteiger partial charge in [-0.25, -0.2) is 0 Å². The van der Waals surface area contributed by atoms with Crippen LogP contribution in [0.1, 0.15) is 48.9 Å². The van der Waals surface area contributed by atoms with E-state index in [9.17, 15) is 9.59 Å². The number of hydrogen-bond acceptors (Lipinski definition) is 4. The second kappa shape index (κ2) is 9.74. The number of pyridine rings is 1. The summed E-state index contributed by atoms with van der Waals surface area (Å²) < 4.78 is 5.05. The number of carbonyl (C=O) groups is 2. The van der Waals surface area contributed by atoms with E-state index in [1.807, 2.05) is 0 Å². The lowest BCUT2D eigenvalue weighted by atomic mass is 10.1. The third-order valence-corrected chi connectivity index (χ3v) is 2.77. The first-order chi connectivity index (χ1) is 9.74. The van der Waals surface area contributed by atoms with Crippen LogP contribution in [0.2, 0.25) is 0 Å². The molecule has 4 nitrogen and oxygen atoms in total. The molecule has 0 aliphatic rings. The number of terminal acetylenes is 1. The molecule has 1 aromatic heterocycles. The van der Waals surface area contributed by atoms with E-state index in [-0.39, 0.29) is 24.6 Å². The maximum atomic E-state index is 11.7. The minimum Gasteiger partial charge on any atom is -0.466 e. The average molecular weight is 273 g/mol. The number of hydrogen-bond donors (Lipinski definition) is 0. The number of aromatic nitrogens is 1. The van der Waals surface area contributed by atoms with Gasteiger partial charge in [-0.2, -0.15) is 0 Å². The van der Waals surface area contributed by atoms with Crippen molar-refractivity contribution in [2.45, 2.75) is 38.5 Å². The van der Waals surface area contributed by atoms with Gasteiger partial charge in [0.1, 0.15) is 0 Å². The van der Waals surface area contributed by atoms with E-state index in [1.165, 1.54) is 6.20 Å². The molecule has 0 unspecified atom stereocenters. The molecule has 0 N–H and O–H groups in total. The zero-order valence-corrected chi connectivity index (χ0v) is 11.5. The zero-order chi connectivity index (χ0) is 14.6. The molecule has 0 amide bonds. The monoisotopic (exact) mass is 273 g/mol. The van der Waals surface area contributed by atoms with Crippen molar-refractivity contribution in [3.8, 4) is 12.3 Å². The molecule has 0 spiro atoms. The van der Waals surface area contributed by atoms with Gasteiger partial charge in [0.05, 0.1) is 13.0 Å². The Balaban J connectivity index is 2.11. The van der Waals surface area contributed by atoms with Gasteiger partial charge < -0.3 is 4.74 Å². The fraction of sp³-hybridized carbons (Fsp3) is 0.438. The summed E-state index contributed by atoms with van der Waals surface area (Å²) in [7, 11) is 0. The molecule has 0 saturated carbocycles. The molecule has 106 valence electrons. The Morgan fingerprint density at radius 2 is 2.10 bits per heavy atom. The van der Waals surface area contributed by atoms with E-state index in [2.05, 4.69) is 10.9 Å². The SMILES string of the molecule is C#CCCCCCOC(=O)CCC(=O)c1cccnc1. The molecule has 0 saturated heterocycles. The predicted octanol–water partition coefficient (Wildman–Crippen LogP) is 2.78. The van der Waals surface area contributed by atoms with Gasteiger partial charge >= 0.3 is 5.97 Å². The molecule has 0 atom stereocenters. The molecule has 0 fully saturated rings. The van der Waals surface area contributed by atoms with E-state index in [4.69, 9.17) is 11.2 Å². The molecule has 0 radical (unpaired) electrons. The first-order valence-electron chi connectivity index (χ1n) is 6.76. The summed E-state index contributed by atoms with van der Waals surface area (Å²) in [5.41, 5.74) is 0.523. The molecule has 0 aliphatic heterocycles. The largest absolute Gasteiger partial charge is 0.466 e. The Bertz CT molecular complexity index is 462. The van der Waals surface area contributed by atoms with Crippen molar-refractivity contribution in [2.24, 2.45) is 0 Å². The fourth-order valence-corrected chi connectivity index (χ4v) is 1.65. The molecule has 1 rings (SSSR count). The second-order valence-corrected chi connectivity index (χ2v) is 4.40. The van der Waals surface area contributed by atoms with Crippen LogP contribution in [0.3, 0.4) is 0 Å². The third kappa shape index (κ3) is 6.69. The van der Waals surface area contributed by atoms with Gasteiger partial charge in [0.15, 0.2) is 5.78 Å². The summed E-state index contributed by atoms with van der Waals surface area (Å²) in [5, 5.41) is 0. The fourth-order valence-electron chi connectivity index (χ4n) is 1.65. The molecule has 0 bridgehead atoms. The summed E-state index contributed by atoms with van der Waals surface area (Å²) in [6.45, 7) is 0.393. The summed E-state index contributed by atoms with van der Waals surface area (Å²) in [5.74, 6) is 2.14. The normalized spacial score (nSPS) is 9.75. The highest BCUT2D eigenvalue weighted by atomic mass is 16.5. The van der Waals surface area contributed by atoms with Gasteiger partial charge in [-0.15, -0.1) is 12.3 Å². The van der Waals surface area contributed by atoms with Crippen LogP contribution in [-0.4, -0.2) is 23.3 Å². The molecule has 0 aromatic carbocycles. The summed E-state index contributed by atoms with van der Waals surface area (Å²) >= 11 is 0. The number of ketones is 1. The van der Waals surface area contributed by atoms with Crippen molar-refractivity contribution in [3.63, 3.8) is 0 Å². The molecular weight excluding hydrogens is 254 g/mol. The zero-order valence-electron chi connectivity index (χ0n) is 11.5. The van der Waals surface area contributed by atoms with Gasteiger partial charge in [0.25, 0.3) is 0 Å². The number of unbranched alkanes of at least 4 members (excludes halogenated alkanes) is 3. The molecule has 0 aliphatic carbocycles. The summed E-state index contributed by atoms with van der Waals surface area (Å²) in [4.78, 5) is 27.0. The van der Waals surface area contributed by atoms with Crippen molar-refractivity contribution >= 4 is 11.8 Å². The number of nitrogens with zero attached hydrogens (tertiary/aromatic N) is 1. The van der Waals surface area contributed by atoms with Crippen LogP contribution in [0.25, 0.3) is 0 Å². The molecule has 4 heteroatoms. The number of Topliss-reactive ketones (excluding diaryl/α,β-unsaturated/α-hetero) is 1. The van der Waals surface area contributed by atoms with Crippen molar-refractivity contribution in [1.82, 2.24) is 4.98 Å². The van der Waals surface area contributed by atoms with Crippen LogP contribution >= 0.6 is 0 Å². The predicted molar refractivity (Wildman–Crippen MR) is 76.1 cm³/mol. The first-order valence-corrected chi connectivity index (χ1v) is 6.76. The van der Waals surface area contributed by atoms with E-state index in [0.717, 1.165) is 25.7 Å². The Hall–Kier alpha value is -2.15. The van der Waals surface area contributed by atoms with E-state index in [0.29, 0.717) is 12.2 Å². The summed E-state index contributed by atoms with van der Waals surface area (Å²) in [6, 6.07) is 3.38. The van der Waals surface area contributed by atoms with E-state index in [1.54, 1.807) is 18.3 Å². The Kier molecular flexibility index (Phi) is 7.74. The van der Waals surface area contributed by atoms with Crippen molar-refractivity contribution in [2.75, 3.05) is 6.61 Å². The quantitative estimate of drug-likeness (QED) is 0.300. The Morgan fingerprint density at radius 1 is 1.25 bits per heavy atom. The molecular formula is C16H19NO3. The standard InChI is InChI=1S/C16H19NO3/c1-2-3-4-5-6-12-20-16(19)10-9-15(18)14-8-7-11-17-13-14/h1,7-8,11,13H,3-6,9-10,12H2. The van der Waals surface area contributed by atoms with Crippen LogP contribution in [0.4, 0.5) is 0 Å². The maximum Gasteiger partial charge on any atom is 0.306 e. The second-order valence-electron chi connectivity index (χ2n) is 4.40. The number of rotatable bonds is 9. The van der Waals surface area contributed by atoms with Crippen molar-refractivity contribution in [1.29, 1.82) is 0 Å². The number of carbonyl (C=O) groups excluding carboxylic acids is 2. The van der Waals surface area contributed by atoms with E-state index >= 15 is 0 Å². The van der Waals surface area contributed by atoms with Gasteiger partial charge in [-0.05, 0) is 31.4 Å². The van der Waals surface area contributed by atoms with Crippen molar-refractivity contribution < 1.29 is 14.3 Å². The molecule has 1 aromatic rings. The summed E-state index contributed by atoms with van der Waals surface area (Å²) in [6.07, 6.45) is 12.0. The highest BCUT2D eigenvalue weighted by molar-refractivity contribution is 5.97. The topological polar surface area (TPSA) is 56.3 Å². The highest BCUT2D eigenvalue weighted by Gasteiger charge is 2.09. The smallest absolute Gasteiger partial charge is 0.306 e. The third-order valence-electron chi connectivity index (χ3n) is 2.77. The van der Waals surface area contributed by atoms with Crippen molar-refractivity contribution in [3.05, 3.63) is 30.1 Å². The Labute approximate surface area is 119 Å². The lowest BCUT2D eigenvalue weighted by Gasteiger charge is -2.04. The number of esters is 1. The maximum absolute atomic E-state index is 11.7. The lowest BCUT2D eigenvalue weighted by Crippen LogP contribution is -2.09. The lowest BCUT2D eigenvalue weighted by molar-refractivity contribution is -0.143. The van der Waals surface area contributed by atoms with Gasteiger partial charge in [-0.1, -0.05) is 0 Å². The van der Waals surface area contributed by atoms with Gasteiger partial charge in [0.2, 0.25) is 0 Å². The minimum absolute atomic E-state index is 0.0935. The number of ether oxygens (including phenoxy) is 1. The van der Waals surface area contributed by atoms with Crippen LogP contribution in [0, 0.1) is 12.3 Å². The minimum atomic E-state index is -0.334. The van der Waals surface area contributed by atoms with Gasteiger partial charge in [-0.3, -0.25) is 14.6 Å². The average Bonchev–Trinajstić information content (AvgIpc) is 2.49.